The Morgan fingerprint density at radius 2 is 1.83 bits per heavy atom. The van der Waals surface area contributed by atoms with Gasteiger partial charge < -0.3 is 14.8 Å². The third-order valence-electron chi connectivity index (χ3n) is 10.5. The summed E-state index contributed by atoms with van der Waals surface area (Å²) in [6, 6.07) is 10.5. The van der Waals surface area contributed by atoms with Gasteiger partial charge in [-0.1, -0.05) is 6.07 Å². The number of anilines is 1. The summed E-state index contributed by atoms with van der Waals surface area (Å²) in [5.41, 5.74) is 4.19. The minimum absolute atomic E-state index is 0.0335. The Hall–Kier alpha value is -3.53. The molecular formula is C34H38F3N7OS. The van der Waals surface area contributed by atoms with Crippen molar-refractivity contribution in [3.8, 4) is 6.07 Å². The molecule has 7 rings (SSSR count). The molecule has 0 atom stereocenters. The van der Waals surface area contributed by atoms with Crippen LogP contribution >= 0.6 is 11.3 Å². The number of rotatable bonds is 8. The van der Waals surface area contributed by atoms with Crippen LogP contribution in [0.15, 0.2) is 30.6 Å². The van der Waals surface area contributed by atoms with E-state index in [0.717, 1.165) is 107 Å². The highest BCUT2D eigenvalue weighted by Crippen LogP contribution is 2.45. The summed E-state index contributed by atoms with van der Waals surface area (Å²) < 4.78 is 41.0. The Balaban J connectivity index is 0.965. The number of nitrogens with zero attached hydrogens (tertiary/aromatic N) is 6. The van der Waals surface area contributed by atoms with Crippen molar-refractivity contribution in [2.75, 3.05) is 38.0 Å². The van der Waals surface area contributed by atoms with Crippen LogP contribution in [0.25, 0.3) is 21.1 Å². The van der Waals surface area contributed by atoms with Gasteiger partial charge in [0.1, 0.15) is 34.5 Å². The third-order valence-corrected chi connectivity index (χ3v) is 11.6. The van der Waals surface area contributed by atoms with Crippen LogP contribution in [0.4, 0.5) is 19.0 Å². The van der Waals surface area contributed by atoms with Gasteiger partial charge in [-0.15, -0.1) is 11.3 Å². The number of ketones is 1. The number of carbonyl (C=O) groups excluding carboxylic acids is 1. The second-order valence-corrected chi connectivity index (χ2v) is 14.4. The van der Waals surface area contributed by atoms with E-state index in [-0.39, 0.29) is 16.3 Å². The normalized spacial score (nSPS) is 19.6. The zero-order valence-corrected chi connectivity index (χ0v) is 26.8. The number of thiophene rings is 1. The topological polar surface area (TPSA) is 90.1 Å². The fraction of sp³-hybridized carbons (Fsp3) is 0.529. The van der Waals surface area contributed by atoms with Gasteiger partial charge in [0.2, 0.25) is 0 Å². The van der Waals surface area contributed by atoms with E-state index < -0.39 is 12.6 Å². The number of fused-ring (bicyclic) bond motifs is 2. The molecule has 1 N–H and O–H groups in total. The van der Waals surface area contributed by atoms with Crippen LogP contribution in [0, 0.1) is 23.7 Å². The van der Waals surface area contributed by atoms with Gasteiger partial charge in [0, 0.05) is 66.4 Å². The lowest BCUT2D eigenvalue weighted by atomic mass is 9.62. The van der Waals surface area contributed by atoms with Crippen LogP contribution in [0.1, 0.15) is 60.2 Å². The number of alkyl halides is 3. The Morgan fingerprint density at radius 1 is 1.04 bits per heavy atom. The molecule has 3 aromatic heterocycles. The molecule has 0 amide bonds. The second kappa shape index (κ2) is 12.2. The molecule has 1 aromatic carbocycles. The van der Waals surface area contributed by atoms with Crippen LogP contribution in [-0.4, -0.2) is 75.1 Å². The predicted octanol–water partition coefficient (Wildman–Crippen LogP) is 6.45. The van der Waals surface area contributed by atoms with Crippen molar-refractivity contribution < 1.29 is 18.0 Å². The molecule has 1 saturated carbocycles. The molecule has 8 nitrogen and oxygen atoms in total. The number of nitriles is 1. The Kier molecular flexibility index (Phi) is 8.28. The van der Waals surface area contributed by atoms with Crippen molar-refractivity contribution in [2.45, 2.75) is 77.2 Å². The predicted molar refractivity (Wildman–Crippen MR) is 173 cm³/mol. The number of halogens is 3. The number of aryl methyl sites for hydroxylation is 1. The fourth-order valence-electron chi connectivity index (χ4n) is 7.56. The van der Waals surface area contributed by atoms with E-state index in [2.05, 4.69) is 54.8 Å². The van der Waals surface area contributed by atoms with Crippen molar-refractivity contribution in [3.05, 3.63) is 52.3 Å². The van der Waals surface area contributed by atoms with Crippen LogP contribution < -0.4 is 5.32 Å². The lowest BCUT2D eigenvalue weighted by molar-refractivity contribution is -0.142. The number of aromatic nitrogens is 3. The third kappa shape index (κ3) is 6.12. The molecular weight excluding hydrogens is 611 g/mol. The van der Waals surface area contributed by atoms with Crippen LogP contribution in [0.5, 0.6) is 0 Å². The average Bonchev–Trinajstić information content (AvgIpc) is 3.62. The number of Topliss-reactive ketones (excluding diaryl/α,β-unsaturated/α-hetero) is 1. The summed E-state index contributed by atoms with van der Waals surface area (Å²) in [6.07, 6.45) is 1.73. The molecule has 5 heterocycles. The number of nitrogens with one attached hydrogen (secondary N) is 1. The number of hydrogen-bond donors (Lipinski definition) is 1. The van der Waals surface area contributed by atoms with E-state index in [0.29, 0.717) is 27.5 Å². The summed E-state index contributed by atoms with van der Waals surface area (Å²) in [5, 5.41) is 15.2. The first kappa shape index (κ1) is 31.1. The molecule has 1 aliphatic carbocycles. The first-order valence-electron chi connectivity index (χ1n) is 16.2. The lowest BCUT2D eigenvalue weighted by Gasteiger charge is -2.46. The fourth-order valence-corrected chi connectivity index (χ4v) is 8.58. The maximum atomic E-state index is 12.9. The highest BCUT2D eigenvalue weighted by molar-refractivity contribution is 7.18. The van der Waals surface area contributed by atoms with Gasteiger partial charge in [-0.25, -0.2) is 9.97 Å². The summed E-state index contributed by atoms with van der Waals surface area (Å²) in [7, 11) is 0. The monoisotopic (exact) mass is 649 g/mol. The van der Waals surface area contributed by atoms with E-state index in [4.69, 9.17) is 0 Å². The largest absolute Gasteiger partial charge is 0.393 e. The SMILES string of the molecule is Cc1c(CN2CCC(Nc3ncnc4sc(CC(F)(F)F)cc34)CC2)ccc2c1cc(C#N)n2CCN1CCC2(CCC2=O)CC1. The van der Waals surface area contributed by atoms with Crippen molar-refractivity contribution >= 4 is 44.1 Å². The average molecular weight is 650 g/mol. The number of benzene rings is 1. The van der Waals surface area contributed by atoms with Crippen LogP contribution in [0.2, 0.25) is 0 Å². The molecule has 12 heteroatoms. The summed E-state index contributed by atoms with van der Waals surface area (Å²) in [5.74, 6) is 1.05. The minimum Gasteiger partial charge on any atom is -0.367 e. The minimum atomic E-state index is -4.25. The van der Waals surface area contributed by atoms with Crippen molar-refractivity contribution in [2.24, 2.45) is 5.41 Å². The van der Waals surface area contributed by atoms with Gasteiger partial charge in [-0.3, -0.25) is 9.69 Å². The molecule has 4 aromatic rings. The first-order valence-corrected chi connectivity index (χ1v) is 17.0. The number of hydrogen-bond acceptors (Lipinski definition) is 8. The molecule has 242 valence electrons. The van der Waals surface area contributed by atoms with Crippen molar-refractivity contribution in [1.82, 2.24) is 24.3 Å². The highest BCUT2D eigenvalue weighted by atomic mass is 32.1. The first-order chi connectivity index (χ1) is 22.1. The summed E-state index contributed by atoms with van der Waals surface area (Å²) in [6.45, 7) is 8.25. The van der Waals surface area contributed by atoms with E-state index in [9.17, 15) is 23.2 Å². The van der Waals surface area contributed by atoms with Gasteiger partial charge in [0.05, 0.1) is 11.8 Å². The smallest absolute Gasteiger partial charge is 0.367 e. The molecule has 0 radical (unpaired) electrons. The van der Waals surface area contributed by atoms with E-state index >= 15 is 0 Å². The molecule has 46 heavy (non-hydrogen) atoms. The Morgan fingerprint density at radius 3 is 2.50 bits per heavy atom. The second-order valence-electron chi connectivity index (χ2n) is 13.3. The summed E-state index contributed by atoms with van der Waals surface area (Å²) in [4.78, 5) is 26.4. The molecule has 0 bridgehead atoms. The van der Waals surface area contributed by atoms with Crippen LogP contribution in [-0.2, 0) is 24.3 Å². The standard InChI is InChI=1S/C34H38F3N7OS/c1-22-23(2-3-29-27(22)16-25(19-38)44(29)15-14-42-12-8-33(9-13-42)7-4-30(33)45)20-43-10-5-24(6-11-43)41-31-28-17-26(18-34(35,36)37)46-32(28)40-21-39-31/h2-3,16-17,21,24H,4-15,18,20H2,1H3,(H,39,40,41). The van der Waals surface area contributed by atoms with Gasteiger partial charge in [0.25, 0.3) is 0 Å². The Labute approximate surface area is 270 Å². The molecule has 0 unspecified atom stereocenters. The highest BCUT2D eigenvalue weighted by Gasteiger charge is 2.47. The van der Waals surface area contributed by atoms with Gasteiger partial charge in [0.15, 0.2) is 0 Å². The molecule has 1 spiro atoms. The van der Waals surface area contributed by atoms with Crippen LogP contribution in [0.3, 0.4) is 0 Å². The molecule has 3 aliphatic rings. The summed E-state index contributed by atoms with van der Waals surface area (Å²) >= 11 is 1.07. The number of likely N-dealkylation sites (tertiary alicyclic amines) is 2. The maximum Gasteiger partial charge on any atom is 0.393 e. The zero-order chi connectivity index (χ0) is 32.1. The number of carbonyl (C=O) groups is 1. The maximum absolute atomic E-state index is 12.9. The van der Waals surface area contributed by atoms with E-state index in [1.165, 1.54) is 17.5 Å². The van der Waals surface area contributed by atoms with Crippen molar-refractivity contribution in [3.63, 3.8) is 0 Å². The van der Waals surface area contributed by atoms with E-state index in [1.807, 2.05) is 6.07 Å². The molecule has 2 saturated heterocycles. The zero-order valence-electron chi connectivity index (χ0n) is 26.0. The van der Waals surface area contributed by atoms with Crippen molar-refractivity contribution in [1.29, 1.82) is 5.26 Å². The van der Waals surface area contributed by atoms with Gasteiger partial charge in [-0.05, 0) is 81.4 Å². The molecule has 3 fully saturated rings. The lowest BCUT2D eigenvalue weighted by Crippen LogP contribution is -2.50. The molecule has 2 aliphatic heterocycles. The van der Waals surface area contributed by atoms with Gasteiger partial charge in [-0.2, -0.15) is 18.4 Å². The van der Waals surface area contributed by atoms with E-state index in [1.54, 1.807) is 6.07 Å². The quantitative estimate of drug-likeness (QED) is 0.235. The Bertz CT molecular complexity index is 1810. The number of piperidine rings is 2. The van der Waals surface area contributed by atoms with Gasteiger partial charge >= 0.3 is 6.18 Å².